The van der Waals surface area contributed by atoms with E-state index in [9.17, 15) is 12.9 Å². The molecular formula is C14H14BF3N3O-. The molecule has 0 N–H and O–H groups in total. The molecule has 0 unspecified atom stereocenters. The van der Waals surface area contributed by atoms with Crippen molar-refractivity contribution >= 4 is 12.4 Å². The van der Waals surface area contributed by atoms with Gasteiger partial charge in [-0.15, -0.1) is 0 Å². The van der Waals surface area contributed by atoms with Crippen LogP contribution >= 0.6 is 0 Å². The number of hydrogen-bond donors (Lipinski definition) is 0. The monoisotopic (exact) mass is 308 g/mol. The molecule has 0 bridgehead atoms. The zero-order chi connectivity index (χ0) is 15.7. The standard InChI is InChI=1S/C14H14BF3N3O/c1-9-20-7-12(15(16,17)18)14(21-9)22-8-10-6-11(10)13-4-2-3-5-19-13/h2-5,7,10-11H,6,8H2,1H3/q-1/t10-,11+/m1/s1. The van der Waals surface area contributed by atoms with Gasteiger partial charge in [-0.05, 0) is 30.9 Å². The topological polar surface area (TPSA) is 47.9 Å². The Hall–Kier alpha value is -2.12. The van der Waals surface area contributed by atoms with E-state index in [2.05, 4.69) is 15.0 Å². The van der Waals surface area contributed by atoms with Gasteiger partial charge in [-0.2, -0.15) is 0 Å². The van der Waals surface area contributed by atoms with Crippen LogP contribution in [-0.2, 0) is 0 Å². The highest BCUT2D eigenvalue weighted by atomic mass is 19.4. The van der Waals surface area contributed by atoms with Gasteiger partial charge in [0.15, 0.2) is 5.88 Å². The summed E-state index contributed by atoms with van der Waals surface area (Å²) in [5, 5.41) is 0. The van der Waals surface area contributed by atoms with Crippen LogP contribution in [0.1, 0.15) is 23.9 Å². The van der Waals surface area contributed by atoms with Crippen molar-refractivity contribution in [2.45, 2.75) is 19.3 Å². The van der Waals surface area contributed by atoms with Crippen molar-refractivity contribution in [2.24, 2.45) is 5.92 Å². The number of rotatable bonds is 5. The Morgan fingerprint density at radius 2 is 2.09 bits per heavy atom. The fourth-order valence-electron chi connectivity index (χ4n) is 2.37. The third-order valence-electron chi connectivity index (χ3n) is 3.68. The zero-order valence-electron chi connectivity index (χ0n) is 11.9. The lowest BCUT2D eigenvalue weighted by molar-refractivity contribution is 0.285. The summed E-state index contributed by atoms with van der Waals surface area (Å²) < 4.78 is 44.2. The molecule has 4 nitrogen and oxygen atoms in total. The van der Waals surface area contributed by atoms with Gasteiger partial charge in [0.25, 0.3) is 0 Å². The molecule has 2 aromatic heterocycles. The SMILES string of the molecule is Cc1ncc([B-](F)(F)F)c(OC[C@H]2C[C@@H]2c2ccccn2)n1. The Morgan fingerprint density at radius 1 is 1.27 bits per heavy atom. The molecule has 22 heavy (non-hydrogen) atoms. The van der Waals surface area contributed by atoms with Crippen LogP contribution in [0.2, 0.25) is 0 Å². The molecule has 116 valence electrons. The maximum Gasteiger partial charge on any atom is 0.516 e. The van der Waals surface area contributed by atoms with E-state index >= 15 is 0 Å². The molecule has 0 saturated heterocycles. The molecule has 3 rings (SSSR count). The molecule has 0 spiro atoms. The maximum atomic E-state index is 13.0. The summed E-state index contributed by atoms with van der Waals surface area (Å²) in [7, 11) is 0. The Kier molecular flexibility index (Phi) is 3.76. The molecule has 8 heteroatoms. The van der Waals surface area contributed by atoms with Gasteiger partial charge < -0.3 is 17.7 Å². The van der Waals surface area contributed by atoms with Crippen LogP contribution in [0.5, 0.6) is 5.88 Å². The Labute approximate surface area is 125 Å². The first-order chi connectivity index (χ1) is 10.4. The summed E-state index contributed by atoms with van der Waals surface area (Å²) >= 11 is 0. The molecule has 1 saturated carbocycles. The van der Waals surface area contributed by atoms with Crippen molar-refractivity contribution in [1.29, 1.82) is 0 Å². The summed E-state index contributed by atoms with van der Waals surface area (Å²) in [5.74, 6) is 0.324. The Bertz CT molecular complexity index is 666. The molecule has 1 fully saturated rings. The average Bonchev–Trinajstić information content (AvgIpc) is 3.24. The summed E-state index contributed by atoms with van der Waals surface area (Å²) in [6.45, 7) is -3.44. The van der Waals surface area contributed by atoms with Crippen LogP contribution in [0.3, 0.4) is 0 Å². The number of nitrogens with zero attached hydrogens (tertiary/aromatic N) is 3. The van der Waals surface area contributed by atoms with Crippen LogP contribution < -0.4 is 10.2 Å². The van der Waals surface area contributed by atoms with E-state index in [0.717, 1.165) is 18.3 Å². The van der Waals surface area contributed by atoms with Gasteiger partial charge in [-0.25, -0.2) is 9.97 Å². The third-order valence-corrected chi connectivity index (χ3v) is 3.68. The molecule has 2 heterocycles. The van der Waals surface area contributed by atoms with Crippen molar-refractivity contribution in [3.05, 3.63) is 42.1 Å². The van der Waals surface area contributed by atoms with Crippen molar-refractivity contribution < 1.29 is 17.7 Å². The number of ether oxygens (including phenoxy) is 1. The van der Waals surface area contributed by atoms with Crippen molar-refractivity contribution in [2.75, 3.05) is 6.61 Å². The van der Waals surface area contributed by atoms with E-state index < -0.39 is 12.4 Å². The second kappa shape index (κ2) is 5.59. The largest absolute Gasteiger partial charge is 0.516 e. The van der Waals surface area contributed by atoms with Gasteiger partial charge in [0, 0.05) is 29.9 Å². The summed E-state index contributed by atoms with van der Waals surface area (Å²) in [5.41, 5.74) is 0.0795. The second-order valence-corrected chi connectivity index (χ2v) is 5.42. The Morgan fingerprint density at radius 3 is 2.77 bits per heavy atom. The van der Waals surface area contributed by atoms with Gasteiger partial charge in [-0.1, -0.05) is 6.07 Å². The predicted molar refractivity (Wildman–Crippen MR) is 76.1 cm³/mol. The van der Waals surface area contributed by atoms with Crippen molar-refractivity contribution in [1.82, 2.24) is 15.0 Å². The lowest BCUT2D eigenvalue weighted by Crippen LogP contribution is -2.37. The zero-order valence-corrected chi connectivity index (χ0v) is 11.9. The van der Waals surface area contributed by atoms with E-state index in [1.54, 1.807) is 6.20 Å². The van der Waals surface area contributed by atoms with E-state index in [0.29, 0.717) is 0 Å². The van der Waals surface area contributed by atoms with E-state index in [-0.39, 0.29) is 30.1 Å². The molecule has 2 aromatic rings. The first kappa shape index (κ1) is 14.8. The summed E-state index contributed by atoms with van der Waals surface area (Å²) in [6.07, 6.45) is 3.37. The highest BCUT2D eigenvalue weighted by Crippen LogP contribution is 2.46. The number of halogens is 3. The quantitative estimate of drug-likeness (QED) is 0.796. The van der Waals surface area contributed by atoms with E-state index in [1.165, 1.54) is 6.92 Å². The van der Waals surface area contributed by atoms with Gasteiger partial charge in [-0.3, -0.25) is 4.98 Å². The fraction of sp³-hybridized carbons (Fsp3) is 0.357. The molecule has 1 aliphatic carbocycles. The molecule has 0 aliphatic heterocycles. The number of pyridine rings is 1. The fourth-order valence-corrected chi connectivity index (χ4v) is 2.37. The molecule has 0 radical (unpaired) electrons. The van der Waals surface area contributed by atoms with Gasteiger partial charge >= 0.3 is 6.98 Å². The van der Waals surface area contributed by atoms with Crippen LogP contribution in [0.4, 0.5) is 12.9 Å². The van der Waals surface area contributed by atoms with E-state index in [4.69, 9.17) is 4.74 Å². The predicted octanol–water partition coefficient (Wildman–Crippen LogP) is 2.42. The second-order valence-electron chi connectivity index (χ2n) is 5.42. The van der Waals surface area contributed by atoms with E-state index in [1.807, 2.05) is 18.2 Å². The minimum absolute atomic E-state index is 0.179. The van der Waals surface area contributed by atoms with Gasteiger partial charge in [0.2, 0.25) is 0 Å². The first-order valence-electron chi connectivity index (χ1n) is 7.02. The van der Waals surface area contributed by atoms with Gasteiger partial charge in [0.1, 0.15) is 5.82 Å². The summed E-state index contributed by atoms with van der Waals surface area (Å²) in [6, 6.07) is 5.65. The first-order valence-corrected chi connectivity index (χ1v) is 7.02. The molecule has 1 aliphatic rings. The highest BCUT2D eigenvalue weighted by Gasteiger charge is 2.40. The minimum atomic E-state index is -5.18. The number of aryl methyl sites for hydroxylation is 1. The lowest BCUT2D eigenvalue weighted by atomic mass is 9.82. The smallest absolute Gasteiger partial charge is 0.479 e. The third kappa shape index (κ3) is 3.21. The maximum absolute atomic E-state index is 13.0. The highest BCUT2D eigenvalue weighted by molar-refractivity contribution is 6.74. The minimum Gasteiger partial charge on any atom is -0.479 e. The van der Waals surface area contributed by atoms with Gasteiger partial charge in [0.05, 0.1) is 6.61 Å². The average molecular weight is 308 g/mol. The molecule has 2 atom stereocenters. The normalized spacial score (nSPS) is 20.7. The number of hydrogen-bond acceptors (Lipinski definition) is 4. The van der Waals surface area contributed by atoms with Crippen LogP contribution in [0.15, 0.2) is 30.6 Å². The van der Waals surface area contributed by atoms with Crippen molar-refractivity contribution in [3.8, 4) is 5.88 Å². The van der Waals surface area contributed by atoms with Crippen LogP contribution in [0, 0.1) is 12.8 Å². The van der Waals surface area contributed by atoms with Crippen LogP contribution in [0.25, 0.3) is 0 Å². The molecule has 0 aromatic carbocycles. The number of aromatic nitrogens is 3. The van der Waals surface area contributed by atoms with Crippen molar-refractivity contribution in [3.63, 3.8) is 0 Å². The van der Waals surface area contributed by atoms with Crippen LogP contribution in [-0.4, -0.2) is 28.5 Å². The Balaban J connectivity index is 1.67. The molecule has 0 amide bonds. The molecular weight excluding hydrogens is 294 g/mol. The summed E-state index contributed by atoms with van der Waals surface area (Å²) in [4.78, 5) is 11.6. The lowest BCUT2D eigenvalue weighted by Gasteiger charge is -2.18.